The lowest BCUT2D eigenvalue weighted by atomic mass is 10.0. The first-order valence-electron chi connectivity index (χ1n) is 14.5. The summed E-state index contributed by atoms with van der Waals surface area (Å²) in [6.07, 6.45) is 1.99. The third kappa shape index (κ3) is 12.4. The lowest BCUT2D eigenvalue weighted by Crippen LogP contribution is -2.09. The van der Waals surface area contributed by atoms with Crippen LogP contribution in [0.1, 0.15) is 35.1 Å². The van der Waals surface area contributed by atoms with Crippen LogP contribution in [0.3, 0.4) is 0 Å². The van der Waals surface area contributed by atoms with Gasteiger partial charge in [0.05, 0.1) is 52.9 Å². The molecule has 0 radical (unpaired) electrons. The molecule has 4 aromatic rings. The molecular formula is C36H42O5. The van der Waals surface area contributed by atoms with Crippen LogP contribution in [-0.2, 0) is 50.1 Å². The lowest BCUT2D eigenvalue weighted by Gasteiger charge is -2.10. The highest BCUT2D eigenvalue weighted by Gasteiger charge is 2.03. The second-order valence-corrected chi connectivity index (χ2v) is 9.90. The monoisotopic (exact) mass is 554 g/mol. The van der Waals surface area contributed by atoms with Crippen LogP contribution in [0.2, 0.25) is 0 Å². The molecule has 0 spiro atoms. The molecule has 0 fully saturated rings. The van der Waals surface area contributed by atoms with E-state index in [1.54, 1.807) is 0 Å². The van der Waals surface area contributed by atoms with Gasteiger partial charge in [-0.25, -0.2) is 0 Å². The van der Waals surface area contributed by atoms with E-state index in [4.69, 9.17) is 23.7 Å². The van der Waals surface area contributed by atoms with Gasteiger partial charge in [-0.1, -0.05) is 97.1 Å². The number of unbranched alkanes of at least 4 members (excludes halogenated alkanes) is 1. The van der Waals surface area contributed by atoms with E-state index in [1.807, 2.05) is 36.4 Å². The molecular weight excluding hydrogens is 512 g/mol. The first kappa shape index (κ1) is 30.6. The Hall–Kier alpha value is -3.32. The van der Waals surface area contributed by atoms with Crippen LogP contribution in [0.15, 0.2) is 109 Å². The maximum absolute atomic E-state index is 5.93. The molecule has 216 valence electrons. The zero-order valence-electron chi connectivity index (χ0n) is 23.9. The van der Waals surface area contributed by atoms with Gasteiger partial charge >= 0.3 is 0 Å². The Morgan fingerprint density at radius 2 is 0.683 bits per heavy atom. The van der Waals surface area contributed by atoms with Gasteiger partial charge in [0.15, 0.2) is 0 Å². The van der Waals surface area contributed by atoms with Crippen LogP contribution in [0.5, 0.6) is 0 Å². The molecule has 41 heavy (non-hydrogen) atoms. The van der Waals surface area contributed by atoms with Crippen LogP contribution in [0.4, 0.5) is 0 Å². The number of rotatable bonds is 20. The van der Waals surface area contributed by atoms with Crippen LogP contribution >= 0.6 is 0 Å². The number of hydrogen-bond acceptors (Lipinski definition) is 5. The molecule has 0 amide bonds. The molecule has 0 aliphatic heterocycles. The van der Waals surface area contributed by atoms with Crippen molar-refractivity contribution < 1.29 is 23.7 Å². The van der Waals surface area contributed by atoms with Crippen molar-refractivity contribution in [1.29, 1.82) is 0 Å². The summed E-state index contributed by atoms with van der Waals surface area (Å²) in [7, 11) is 0. The van der Waals surface area contributed by atoms with Crippen LogP contribution in [0.25, 0.3) is 11.1 Å². The molecule has 0 unspecified atom stereocenters. The quantitative estimate of drug-likeness (QED) is 0.105. The molecule has 5 heteroatoms. The van der Waals surface area contributed by atoms with E-state index < -0.39 is 0 Å². The first-order chi connectivity index (χ1) is 20.4. The number of ether oxygens (including phenoxy) is 5. The molecule has 0 saturated carbocycles. The highest BCUT2D eigenvalue weighted by Crippen LogP contribution is 2.22. The summed E-state index contributed by atoms with van der Waals surface area (Å²) in [4.78, 5) is 0. The number of hydrogen-bond donors (Lipinski definition) is 0. The third-order valence-corrected chi connectivity index (χ3v) is 6.52. The molecule has 0 aliphatic carbocycles. The summed E-state index contributed by atoms with van der Waals surface area (Å²) in [5, 5.41) is 0. The van der Waals surface area contributed by atoms with Crippen molar-refractivity contribution in [2.24, 2.45) is 0 Å². The molecule has 0 aromatic heterocycles. The van der Waals surface area contributed by atoms with Gasteiger partial charge in [0.25, 0.3) is 0 Å². The van der Waals surface area contributed by atoms with Gasteiger partial charge in [0.1, 0.15) is 0 Å². The average Bonchev–Trinajstić information content (AvgIpc) is 3.03. The molecule has 0 N–H and O–H groups in total. The minimum absolute atomic E-state index is 0.550. The Bertz CT molecular complexity index is 1230. The highest BCUT2D eigenvalue weighted by molar-refractivity contribution is 5.64. The lowest BCUT2D eigenvalue weighted by molar-refractivity contribution is 0.00705. The van der Waals surface area contributed by atoms with Crippen molar-refractivity contribution >= 4 is 0 Å². The molecule has 0 bridgehead atoms. The van der Waals surface area contributed by atoms with Crippen molar-refractivity contribution in [1.82, 2.24) is 0 Å². The Morgan fingerprint density at radius 1 is 0.317 bits per heavy atom. The molecule has 4 aromatic carbocycles. The zero-order chi connectivity index (χ0) is 28.2. The van der Waals surface area contributed by atoms with Crippen LogP contribution in [0, 0.1) is 0 Å². The third-order valence-electron chi connectivity index (χ3n) is 6.52. The first-order valence-corrected chi connectivity index (χ1v) is 14.5. The highest BCUT2D eigenvalue weighted by atomic mass is 16.5. The largest absolute Gasteiger partial charge is 0.377 e. The smallest absolute Gasteiger partial charge is 0.0718 e. The second kappa shape index (κ2) is 18.9. The minimum atomic E-state index is 0.550. The Labute approximate surface area is 245 Å². The fraction of sp³-hybridized carbons (Fsp3) is 0.333. The predicted molar refractivity (Wildman–Crippen MR) is 163 cm³/mol. The maximum Gasteiger partial charge on any atom is 0.0718 e. The van der Waals surface area contributed by atoms with Crippen molar-refractivity contribution in [3.05, 3.63) is 131 Å². The Morgan fingerprint density at radius 3 is 1.15 bits per heavy atom. The Kier molecular flexibility index (Phi) is 14.1. The summed E-state index contributed by atoms with van der Waals surface area (Å²) >= 11 is 0. The van der Waals surface area contributed by atoms with E-state index in [9.17, 15) is 0 Å². The molecule has 5 nitrogen and oxygen atoms in total. The van der Waals surface area contributed by atoms with Gasteiger partial charge in [0, 0.05) is 13.2 Å². The molecule has 0 aliphatic rings. The summed E-state index contributed by atoms with van der Waals surface area (Å²) in [6, 6.07) is 37.5. The molecule has 0 saturated heterocycles. The van der Waals surface area contributed by atoms with Gasteiger partial charge in [0.2, 0.25) is 0 Å². The standard InChI is InChI=1S/C36H42O5/c1-3-11-31(12-4-1)27-38-19-7-8-20-39-29-33-15-9-17-35(25-33)36-18-10-16-34(26-36)30-41-24-22-37-21-23-40-28-32-13-5-2-6-14-32/h1-6,9-18,25-26H,7-8,19-24,27-30H2. The van der Waals surface area contributed by atoms with Crippen molar-refractivity contribution in [3.8, 4) is 11.1 Å². The zero-order valence-corrected chi connectivity index (χ0v) is 23.9. The molecule has 0 heterocycles. The molecule has 4 rings (SSSR count). The SMILES string of the molecule is c1ccc(COCCCCOCc2cccc(-c3cccc(COCCOCCOCc4ccccc4)c3)c2)cc1. The van der Waals surface area contributed by atoms with E-state index in [-0.39, 0.29) is 0 Å². The van der Waals surface area contributed by atoms with Crippen molar-refractivity contribution in [3.63, 3.8) is 0 Å². The minimum Gasteiger partial charge on any atom is -0.377 e. The van der Waals surface area contributed by atoms with Gasteiger partial charge in [-0.15, -0.1) is 0 Å². The van der Waals surface area contributed by atoms with Crippen LogP contribution < -0.4 is 0 Å². The summed E-state index contributed by atoms with van der Waals surface area (Å²) in [5.74, 6) is 0. The number of benzene rings is 4. The topological polar surface area (TPSA) is 46.2 Å². The summed E-state index contributed by atoms with van der Waals surface area (Å²) < 4.78 is 28.8. The van der Waals surface area contributed by atoms with Gasteiger partial charge in [-0.05, 0) is 58.4 Å². The second-order valence-electron chi connectivity index (χ2n) is 9.90. The van der Waals surface area contributed by atoms with E-state index in [2.05, 4.69) is 72.8 Å². The van der Waals surface area contributed by atoms with E-state index in [0.717, 1.165) is 31.6 Å². The van der Waals surface area contributed by atoms with Crippen molar-refractivity contribution in [2.75, 3.05) is 39.6 Å². The van der Waals surface area contributed by atoms with Gasteiger partial charge < -0.3 is 23.7 Å². The van der Waals surface area contributed by atoms with Gasteiger partial charge in [-0.2, -0.15) is 0 Å². The predicted octanol–water partition coefficient (Wildman–Crippen LogP) is 7.62. The van der Waals surface area contributed by atoms with Crippen LogP contribution in [-0.4, -0.2) is 39.6 Å². The normalized spacial score (nSPS) is 11.1. The average molecular weight is 555 g/mol. The van der Waals surface area contributed by atoms with E-state index >= 15 is 0 Å². The maximum atomic E-state index is 5.93. The summed E-state index contributed by atoms with van der Waals surface area (Å²) in [5.41, 5.74) is 7.06. The fourth-order valence-corrected chi connectivity index (χ4v) is 4.34. The summed E-state index contributed by atoms with van der Waals surface area (Å²) in [6.45, 7) is 6.17. The Balaban J connectivity index is 1.06. The van der Waals surface area contributed by atoms with Gasteiger partial charge in [-0.3, -0.25) is 0 Å². The fourth-order valence-electron chi connectivity index (χ4n) is 4.34. The van der Waals surface area contributed by atoms with E-state index in [1.165, 1.54) is 27.8 Å². The molecule has 0 atom stereocenters. The van der Waals surface area contributed by atoms with E-state index in [0.29, 0.717) is 52.9 Å². The van der Waals surface area contributed by atoms with Crippen molar-refractivity contribution in [2.45, 2.75) is 39.3 Å².